The van der Waals surface area contributed by atoms with E-state index in [4.69, 9.17) is 9.84 Å². The van der Waals surface area contributed by atoms with Gasteiger partial charge in [-0.05, 0) is 17.7 Å². The zero-order valence-corrected chi connectivity index (χ0v) is 11.4. The van der Waals surface area contributed by atoms with E-state index in [0.29, 0.717) is 19.6 Å². The Hall–Kier alpha value is -1.82. The third-order valence-electron chi connectivity index (χ3n) is 3.37. The van der Waals surface area contributed by atoms with E-state index in [1.54, 1.807) is 7.11 Å². The summed E-state index contributed by atoms with van der Waals surface area (Å²) in [5, 5.41) is 11.1. The molecular formula is C14H19FN2O3. The van der Waals surface area contributed by atoms with Gasteiger partial charge in [-0.15, -0.1) is 0 Å². The highest BCUT2D eigenvalue weighted by Gasteiger charge is 2.28. The molecule has 1 aliphatic rings. The van der Waals surface area contributed by atoms with E-state index >= 15 is 0 Å². The van der Waals surface area contributed by atoms with Crippen LogP contribution in [0.5, 0.6) is 5.75 Å². The van der Waals surface area contributed by atoms with Crippen molar-refractivity contribution in [2.24, 2.45) is 0 Å². The molecular weight excluding hydrogens is 263 g/mol. The van der Waals surface area contributed by atoms with E-state index in [0.717, 1.165) is 11.3 Å². The van der Waals surface area contributed by atoms with Gasteiger partial charge in [0.1, 0.15) is 11.9 Å². The lowest BCUT2D eigenvalue weighted by Gasteiger charge is -2.34. The average Bonchev–Trinajstić information content (AvgIpc) is 2.38. The van der Waals surface area contributed by atoms with Crippen LogP contribution >= 0.6 is 0 Å². The van der Waals surface area contributed by atoms with Crippen molar-refractivity contribution >= 4 is 6.09 Å². The topological polar surface area (TPSA) is 61.8 Å². The molecule has 0 radical (unpaired) electrons. The van der Waals surface area contributed by atoms with E-state index in [1.165, 1.54) is 0 Å². The number of piperidine rings is 1. The second kappa shape index (κ2) is 6.56. The minimum Gasteiger partial charge on any atom is -0.497 e. The van der Waals surface area contributed by atoms with Crippen LogP contribution in [0.3, 0.4) is 0 Å². The van der Waals surface area contributed by atoms with Gasteiger partial charge in [0.25, 0.3) is 0 Å². The van der Waals surface area contributed by atoms with Crippen molar-refractivity contribution in [1.82, 2.24) is 10.2 Å². The number of halogens is 1. The van der Waals surface area contributed by atoms with Crippen molar-refractivity contribution in [3.8, 4) is 5.75 Å². The van der Waals surface area contributed by atoms with Crippen LogP contribution in [0.15, 0.2) is 24.3 Å². The van der Waals surface area contributed by atoms with Gasteiger partial charge in [0, 0.05) is 32.1 Å². The lowest BCUT2D eigenvalue weighted by atomic mass is 10.0. The number of nitrogens with one attached hydrogen (secondary N) is 1. The Labute approximate surface area is 117 Å². The molecule has 2 atom stereocenters. The molecule has 0 aromatic heterocycles. The Bertz CT molecular complexity index is 452. The molecule has 20 heavy (non-hydrogen) atoms. The van der Waals surface area contributed by atoms with Crippen molar-refractivity contribution in [2.75, 3.05) is 20.2 Å². The quantitative estimate of drug-likeness (QED) is 0.885. The second-order valence-corrected chi connectivity index (χ2v) is 5.02. The highest BCUT2D eigenvalue weighted by molar-refractivity contribution is 5.64. The summed E-state index contributed by atoms with van der Waals surface area (Å²) in [6, 6.07) is 7.23. The summed E-state index contributed by atoms with van der Waals surface area (Å²) in [4.78, 5) is 12.6. The summed E-state index contributed by atoms with van der Waals surface area (Å²) in [6.45, 7) is 1.46. The molecule has 1 heterocycles. The lowest BCUT2D eigenvalue weighted by molar-refractivity contribution is 0.103. The number of carbonyl (C=O) groups is 1. The summed E-state index contributed by atoms with van der Waals surface area (Å²) in [5.41, 5.74) is 1.05. The molecule has 1 aliphatic heterocycles. The molecule has 6 heteroatoms. The minimum absolute atomic E-state index is 0.241. The number of hydrogen-bond acceptors (Lipinski definition) is 3. The van der Waals surface area contributed by atoms with Crippen LogP contribution in [0.1, 0.15) is 12.0 Å². The lowest BCUT2D eigenvalue weighted by Crippen LogP contribution is -2.50. The number of ether oxygens (including phenoxy) is 1. The summed E-state index contributed by atoms with van der Waals surface area (Å²) in [5.74, 6) is 0.779. The number of carboxylic acid groups (broad SMARTS) is 1. The maximum atomic E-state index is 13.7. The number of amides is 1. The molecule has 0 unspecified atom stereocenters. The SMILES string of the molecule is COc1ccc(CN2C[C@@H](F)C[C@@H](NC(=O)O)C2)cc1. The monoisotopic (exact) mass is 282 g/mol. The van der Waals surface area contributed by atoms with E-state index in [1.807, 2.05) is 29.2 Å². The van der Waals surface area contributed by atoms with Gasteiger partial charge in [0.2, 0.25) is 0 Å². The molecule has 1 amide bonds. The molecule has 110 valence electrons. The van der Waals surface area contributed by atoms with Crippen molar-refractivity contribution in [2.45, 2.75) is 25.2 Å². The predicted octanol–water partition coefficient (Wildman–Crippen LogP) is 1.88. The highest BCUT2D eigenvalue weighted by Crippen LogP contribution is 2.18. The predicted molar refractivity (Wildman–Crippen MR) is 72.7 cm³/mol. The van der Waals surface area contributed by atoms with Crippen molar-refractivity contribution in [1.29, 1.82) is 0 Å². The first kappa shape index (κ1) is 14.6. The summed E-state index contributed by atoms with van der Waals surface area (Å²) < 4.78 is 18.7. The maximum Gasteiger partial charge on any atom is 0.404 e. The van der Waals surface area contributed by atoms with Gasteiger partial charge in [-0.25, -0.2) is 9.18 Å². The van der Waals surface area contributed by atoms with E-state index < -0.39 is 12.3 Å². The smallest absolute Gasteiger partial charge is 0.404 e. The summed E-state index contributed by atoms with van der Waals surface area (Å²) in [6.07, 6.45) is -1.86. The zero-order valence-electron chi connectivity index (χ0n) is 11.4. The number of benzene rings is 1. The maximum absolute atomic E-state index is 13.7. The van der Waals surface area contributed by atoms with Gasteiger partial charge >= 0.3 is 6.09 Å². The molecule has 0 bridgehead atoms. The van der Waals surface area contributed by atoms with Crippen molar-refractivity contribution < 1.29 is 19.0 Å². The number of hydrogen-bond donors (Lipinski definition) is 2. The molecule has 5 nitrogen and oxygen atoms in total. The number of rotatable bonds is 4. The average molecular weight is 282 g/mol. The Kier molecular flexibility index (Phi) is 4.79. The molecule has 1 saturated heterocycles. The van der Waals surface area contributed by atoms with Gasteiger partial charge in [0.15, 0.2) is 0 Å². The van der Waals surface area contributed by atoms with Crippen LogP contribution in [-0.2, 0) is 6.54 Å². The first-order valence-electron chi connectivity index (χ1n) is 6.55. The molecule has 0 spiro atoms. The number of methoxy groups -OCH3 is 1. The first-order valence-corrected chi connectivity index (χ1v) is 6.55. The Morgan fingerprint density at radius 1 is 1.45 bits per heavy atom. The molecule has 1 fully saturated rings. The van der Waals surface area contributed by atoms with Crippen LogP contribution in [-0.4, -0.2) is 48.5 Å². The van der Waals surface area contributed by atoms with E-state index in [9.17, 15) is 9.18 Å². The van der Waals surface area contributed by atoms with Gasteiger partial charge in [-0.1, -0.05) is 12.1 Å². The van der Waals surface area contributed by atoms with Gasteiger partial charge < -0.3 is 15.2 Å². The third-order valence-corrected chi connectivity index (χ3v) is 3.37. The molecule has 0 saturated carbocycles. The number of alkyl halides is 1. The van der Waals surface area contributed by atoms with Crippen LogP contribution in [0, 0.1) is 0 Å². The minimum atomic E-state index is -1.10. The van der Waals surface area contributed by atoms with Gasteiger partial charge in [0.05, 0.1) is 7.11 Å². The second-order valence-electron chi connectivity index (χ2n) is 5.02. The zero-order chi connectivity index (χ0) is 14.5. The summed E-state index contributed by atoms with van der Waals surface area (Å²) >= 11 is 0. The Morgan fingerprint density at radius 3 is 2.75 bits per heavy atom. The fourth-order valence-electron chi connectivity index (χ4n) is 2.52. The first-order chi connectivity index (χ1) is 9.56. The fraction of sp³-hybridized carbons (Fsp3) is 0.500. The molecule has 2 rings (SSSR count). The van der Waals surface area contributed by atoms with Gasteiger partial charge in [-0.2, -0.15) is 0 Å². The Balaban J connectivity index is 1.94. The largest absolute Gasteiger partial charge is 0.497 e. The normalized spacial score (nSPS) is 23.3. The standard InChI is InChI=1S/C14H19FN2O3/c1-20-13-4-2-10(3-5-13)7-17-8-11(15)6-12(9-17)16-14(18)19/h2-5,11-12,16H,6-9H2,1H3,(H,18,19)/t11-,12+/m0/s1. The molecule has 0 aliphatic carbocycles. The number of nitrogens with zero attached hydrogens (tertiary/aromatic N) is 1. The van der Waals surface area contributed by atoms with Crippen LogP contribution in [0.2, 0.25) is 0 Å². The third kappa shape index (κ3) is 4.09. The van der Waals surface area contributed by atoms with Crippen molar-refractivity contribution in [3.63, 3.8) is 0 Å². The molecule has 1 aromatic carbocycles. The van der Waals surface area contributed by atoms with E-state index in [-0.39, 0.29) is 12.5 Å². The van der Waals surface area contributed by atoms with Crippen LogP contribution in [0.25, 0.3) is 0 Å². The highest BCUT2D eigenvalue weighted by atomic mass is 19.1. The fourth-order valence-corrected chi connectivity index (χ4v) is 2.52. The Morgan fingerprint density at radius 2 is 2.15 bits per heavy atom. The summed E-state index contributed by atoms with van der Waals surface area (Å²) in [7, 11) is 1.61. The molecule has 2 N–H and O–H groups in total. The van der Waals surface area contributed by atoms with Crippen molar-refractivity contribution in [3.05, 3.63) is 29.8 Å². The number of likely N-dealkylation sites (tertiary alicyclic amines) is 1. The molecule has 1 aromatic rings. The van der Waals surface area contributed by atoms with E-state index in [2.05, 4.69) is 5.32 Å². The van der Waals surface area contributed by atoms with Crippen LogP contribution in [0.4, 0.5) is 9.18 Å². The van der Waals surface area contributed by atoms with Crippen LogP contribution < -0.4 is 10.1 Å². The van der Waals surface area contributed by atoms with Gasteiger partial charge in [-0.3, -0.25) is 4.90 Å².